The molecule has 1 aromatic carbocycles. The second kappa shape index (κ2) is 5.79. The van der Waals surface area contributed by atoms with Crippen molar-refractivity contribution >= 4 is 0 Å². The summed E-state index contributed by atoms with van der Waals surface area (Å²) in [5, 5.41) is 12.4. The Balaban J connectivity index is 2.76. The van der Waals surface area contributed by atoms with E-state index in [1.54, 1.807) is 18.2 Å². The van der Waals surface area contributed by atoms with Crippen LogP contribution in [0.4, 0.5) is 4.39 Å². The van der Waals surface area contributed by atoms with Crippen LogP contribution in [0.2, 0.25) is 0 Å². The fraction of sp³-hybridized carbons (Fsp3) is 0.500. The molecule has 0 radical (unpaired) electrons. The third-order valence-corrected chi connectivity index (χ3v) is 2.65. The molecule has 92 valence electrons. The summed E-state index contributed by atoms with van der Waals surface area (Å²) >= 11 is 0. The SMILES string of the molecule is CC(C)CNC(C)(C#N)Cc1ccccc1F. The average molecular weight is 234 g/mol. The van der Waals surface area contributed by atoms with Gasteiger partial charge in [-0.1, -0.05) is 32.0 Å². The quantitative estimate of drug-likeness (QED) is 0.850. The minimum atomic E-state index is -0.716. The Hall–Kier alpha value is -1.40. The van der Waals surface area contributed by atoms with Crippen molar-refractivity contribution in [3.05, 3.63) is 35.6 Å². The van der Waals surface area contributed by atoms with E-state index in [9.17, 15) is 9.65 Å². The van der Waals surface area contributed by atoms with E-state index in [2.05, 4.69) is 25.2 Å². The predicted molar refractivity (Wildman–Crippen MR) is 67.0 cm³/mol. The van der Waals surface area contributed by atoms with Gasteiger partial charge in [0.2, 0.25) is 0 Å². The topological polar surface area (TPSA) is 35.8 Å². The van der Waals surface area contributed by atoms with Crippen LogP contribution in [0.15, 0.2) is 24.3 Å². The zero-order valence-corrected chi connectivity index (χ0v) is 10.6. The summed E-state index contributed by atoms with van der Waals surface area (Å²) in [5.41, 5.74) is -0.139. The van der Waals surface area contributed by atoms with Crippen molar-refractivity contribution in [1.82, 2.24) is 5.32 Å². The molecule has 1 unspecified atom stereocenters. The molecule has 2 nitrogen and oxygen atoms in total. The second-order valence-electron chi connectivity index (χ2n) is 4.99. The molecule has 0 aliphatic carbocycles. The van der Waals surface area contributed by atoms with Gasteiger partial charge in [-0.05, 0) is 31.0 Å². The number of nitrogens with one attached hydrogen (secondary N) is 1. The summed E-state index contributed by atoms with van der Waals surface area (Å²) in [7, 11) is 0. The molecular formula is C14H19FN2. The van der Waals surface area contributed by atoms with Gasteiger partial charge in [0.05, 0.1) is 6.07 Å². The first kappa shape index (κ1) is 13.7. The highest BCUT2D eigenvalue weighted by molar-refractivity contribution is 5.23. The van der Waals surface area contributed by atoms with Crippen molar-refractivity contribution in [2.75, 3.05) is 6.54 Å². The van der Waals surface area contributed by atoms with E-state index >= 15 is 0 Å². The molecule has 0 spiro atoms. The Labute approximate surface area is 102 Å². The fourth-order valence-electron chi connectivity index (χ4n) is 1.59. The summed E-state index contributed by atoms with van der Waals surface area (Å²) < 4.78 is 13.5. The highest BCUT2D eigenvalue weighted by Gasteiger charge is 2.25. The van der Waals surface area contributed by atoms with Crippen LogP contribution in [-0.4, -0.2) is 12.1 Å². The smallest absolute Gasteiger partial charge is 0.126 e. The first-order chi connectivity index (χ1) is 7.97. The molecule has 3 heteroatoms. The first-order valence-corrected chi connectivity index (χ1v) is 5.86. The van der Waals surface area contributed by atoms with Gasteiger partial charge >= 0.3 is 0 Å². The van der Waals surface area contributed by atoms with Crippen LogP contribution in [0.25, 0.3) is 0 Å². The lowest BCUT2D eigenvalue weighted by atomic mass is 9.93. The van der Waals surface area contributed by atoms with Gasteiger partial charge in [-0.2, -0.15) is 5.26 Å². The largest absolute Gasteiger partial charge is 0.299 e. The van der Waals surface area contributed by atoms with Gasteiger partial charge in [-0.15, -0.1) is 0 Å². The van der Waals surface area contributed by atoms with Crippen LogP contribution in [-0.2, 0) is 6.42 Å². The molecule has 0 bridgehead atoms. The number of nitriles is 1. The van der Waals surface area contributed by atoms with Crippen molar-refractivity contribution in [1.29, 1.82) is 5.26 Å². The van der Waals surface area contributed by atoms with Gasteiger partial charge in [0, 0.05) is 6.42 Å². The molecule has 17 heavy (non-hydrogen) atoms. The van der Waals surface area contributed by atoms with E-state index in [0.717, 1.165) is 6.54 Å². The summed E-state index contributed by atoms with van der Waals surface area (Å²) in [6.07, 6.45) is 0.378. The number of halogens is 1. The standard InChI is InChI=1S/C14H19FN2/c1-11(2)9-17-14(3,10-16)8-12-6-4-5-7-13(12)15/h4-7,11,17H,8-9H2,1-3H3. The van der Waals surface area contributed by atoms with E-state index in [-0.39, 0.29) is 5.82 Å². The van der Waals surface area contributed by atoms with Crippen molar-refractivity contribution in [3.8, 4) is 6.07 Å². The van der Waals surface area contributed by atoms with E-state index in [4.69, 9.17) is 0 Å². The van der Waals surface area contributed by atoms with E-state index in [0.29, 0.717) is 17.9 Å². The van der Waals surface area contributed by atoms with Crippen molar-refractivity contribution in [2.24, 2.45) is 5.92 Å². The lowest BCUT2D eigenvalue weighted by Crippen LogP contribution is -2.44. The van der Waals surface area contributed by atoms with Crippen molar-refractivity contribution in [3.63, 3.8) is 0 Å². The monoisotopic (exact) mass is 234 g/mol. The third kappa shape index (κ3) is 4.16. The number of rotatable bonds is 5. The molecule has 1 atom stereocenters. The Kier molecular flexibility index (Phi) is 4.65. The zero-order chi connectivity index (χ0) is 12.9. The van der Waals surface area contributed by atoms with Crippen LogP contribution in [0, 0.1) is 23.1 Å². The summed E-state index contributed by atoms with van der Waals surface area (Å²) in [5.74, 6) is 0.212. The van der Waals surface area contributed by atoms with Crippen LogP contribution in [0.3, 0.4) is 0 Å². The lowest BCUT2D eigenvalue weighted by Gasteiger charge is -2.24. The van der Waals surface area contributed by atoms with Crippen LogP contribution >= 0.6 is 0 Å². The molecule has 1 aromatic rings. The van der Waals surface area contributed by atoms with E-state index in [1.165, 1.54) is 6.07 Å². The molecule has 0 saturated carbocycles. The molecule has 0 saturated heterocycles. The minimum Gasteiger partial charge on any atom is -0.299 e. The van der Waals surface area contributed by atoms with Crippen molar-refractivity contribution < 1.29 is 4.39 Å². The Morgan fingerprint density at radius 1 is 1.41 bits per heavy atom. The van der Waals surface area contributed by atoms with Gasteiger partial charge in [-0.3, -0.25) is 5.32 Å². The zero-order valence-electron chi connectivity index (χ0n) is 10.6. The highest BCUT2D eigenvalue weighted by Crippen LogP contribution is 2.16. The number of nitrogens with zero attached hydrogens (tertiary/aromatic N) is 1. The fourth-order valence-corrected chi connectivity index (χ4v) is 1.59. The molecule has 0 aromatic heterocycles. The summed E-state index contributed by atoms with van der Waals surface area (Å²) in [6, 6.07) is 8.83. The average Bonchev–Trinajstić information content (AvgIpc) is 2.30. The second-order valence-corrected chi connectivity index (χ2v) is 4.99. The maximum atomic E-state index is 13.5. The van der Waals surface area contributed by atoms with Crippen LogP contribution < -0.4 is 5.32 Å². The molecule has 0 aliphatic heterocycles. The van der Waals surface area contributed by atoms with Crippen LogP contribution in [0.1, 0.15) is 26.3 Å². The molecule has 0 aliphatic rings. The van der Waals surface area contributed by atoms with E-state index in [1.807, 2.05) is 6.92 Å². The van der Waals surface area contributed by atoms with Crippen molar-refractivity contribution in [2.45, 2.75) is 32.7 Å². The van der Waals surface area contributed by atoms with Gasteiger partial charge in [0.15, 0.2) is 0 Å². The molecule has 0 heterocycles. The maximum absolute atomic E-state index is 13.5. The summed E-state index contributed by atoms with van der Waals surface area (Å²) in [6.45, 7) is 6.71. The predicted octanol–water partition coefficient (Wildman–Crippen LogP) is 2.90. The highest BCUT2D eigenvalue weighted by atomic mass is 19.1. The first-order valence-electron chi connectivity index (χ1n) is 5.86. The number of benzene rings is 1. The van der Waals surface area contributed by atoms with Gasteiger partial charge < -0.3 is 0 Å². The molecule has 0 fully saturated rings. The Morgan fingerprint density at radius 3 is 2.59 bits per heavy atom. The Morgan fingerprint density at radius 2 is 2.06 bits per heavy atom. The third-order valence-electron chi connectivity index (χ3n) is 2.65. The Bertz CT molecular complexity index is 409. The van der Waals surface area contributed by atoms with Crippen LogP contribution in [0.5, 0.6) is 0 Å². The van der Waals surface area contributed by atoms with E-state index < -0.39 is 5.54 Å². The minimum absolute atomic E-state index is 0.250. The molecular weight excluding hydrogens is 215 g/mol. The van der Waals surface area contributed by atoms with Gasteiger partial charge in [0.25, 0.3) is 0 Å². The number of hydrogen-bond donors (Lipinski definition) is 1. The lowest BCUT2D eigenvalue weighted by molar-refractivity contribution is 0.404. The molecule has 1 N–H and O–H groups in total. The number of hydrogen-bond acceptors (Lipinski definition) is 2. The molecule has 1 rings (SSSR count). The van der Waals surface area contributed by atoms with Gasteiger partial charge in [-0.25, -0.2) is 4.39 Å². The summed E-state index contributed by atoms with van der Waals surface area (Å²) in [4.78, 5) is 0. The van der Waals surface area contributed by atoms with Gasteiger partial charge in [0.1, 0.15) is 11.4 Å². The normalized spacial score (nSPS) is 14.4. The molecule has 0 amide bonds. The maximum Gasteiger partial charge on any atom is 0.126 e.